The number of hydrogen-bond donors (Lipinski definition) is 2. The van der Waals surface area contributed by atoms with E-state index in [1.807, 2.05) is 0 Å². The lowest BCUT2D eigenvalue weighted by molar-refractivity contribution is 0.1000. The van der Waals surface area contributed by atoms with Crippen LogP contribution in [0.5, 0.6) is 0 Å². The van der Waals surface area contributed by atoms with E-state index in [4.69, 9.17) is 5.73 Å². The first-order chi connectivity index (χ1) is 9.06. The Hall–Kier alpha value is -1.56. The topological polar surface area (TPSA) is 81.4 Å². The van der Waals surface area contributed by atoms with Gasteiger partial charge in [-0.25, -0.2) is 4.79 Å². The van der Waals surface area contributed by atoms with Crippen LogP contribution in [0, 0.1) is 5.92 Å². The first kappa shape index (κ1) is 13.9. The minimum Gasteiger partial charge on any atom is -0.453 e. The van der Waals surface area contributed by atoms with Gasteiger partial charge >= 0.3 is 6.09 Å². The molecule has 1 aromatic rings. The van der Waals surface area contributed by atoms with Gasteiger partial charge in [0, 0.05) is 4.88 Å². The van der Waals surface area contributed by atoms with Crippen LogP contribution in [0.3, 0.4) is 0 Å². The molecule has 0 spiro atoms. The van der Waals surface area contributed by atoms with E-state index >= 15 is 0 Å². The zero-order chi connectivity index (χ0) is 14.0. The number of ether oxygens (including phenoxy) is 1. The fourth-order valence-electron chi connectivity index (χ4n) is 2.50. The van der Waals surface area contributed by atoms with E-state index in [9.17, 15) is 9.59 Å². The second-order valence-corrected chi connectivity index (χ2v) is 5.81. The molecule has 19 heavy (non-hydrogen) atoms. The Morgan fingerprint density at radius 2 is 2.26 bits per heavy atom. The molecule has 104 valence electrons. The van der Waals surface area contributed by atoms with Crippen molar-refractivity contribution in [2.75, 3.05) is 12.4 Å². The van der Waals surface area contributed by atoms with Crippen LogP contribution in [-0.2, 0) is 17.6 Å². The quantitative estimate of drug-likeness (QED) is 0.893. The van der Waals surface area contributed by atoms with Gasteiger partial charge in [-0.1, -0.05) is 13.3 Å². The zero-order valence-electron chi connectivity index (χ0n) is 11.1. The molecule has 0 saturated carbocycles. The molecule has 1 unspecified atom stereocenters. The lowest BCUT2D eigenvalue weighted by atomic mass is 9.85. The predicted octanol–water partition coefficient (Wildman–Crippen LogP) is 2.54. The van der Waals surface area contributed by atoms with Gasteiger partial charge in [-0.15, -0.1) is 11.3 Å². The first-order valence-electron chi connectivity index (χ1n) is 6.36. The van der Waals surface area contributed by atoms with Gasteiger partial charge in [-0.2, -0.15) is 0 Å². The number of carbonyl (C=O) groups excluding carboxylic acids is 2. The van der Waals surface area contributed by atoms with Crippen LogP contribution in [0.4, 0.5) is 9.80 Å². The minimum atomic E-state index is -0.576. The molecule has 1 aliphatic rings. The number of thiophene rings is 1. The highest BCUT2D eigenvalue weighted by Crippen LogP contribution is 2.40. The molecule has 0 aromatic carbocycles. The van der Waals surface area contributed by atoms with Crippen LogP contribution in [0.1, 0.15) is 40.6 Å². The summed E-state index contributed by atoms with van der Waals surface area (Å²) < 4.78 is 4.57. The van der Waals surface area contributed by atoms with Gasteiger partial charge in [-0.05, 0) is 30.7 Å². The molecular weight excluding hydrogens is 264 g/mol. The van der Waals surface area contributed by atoms with E-state index in [-0.39, 0.29) is 0 Å². The maximum atomic E-state index is 11.6. The average Bonchev–Trinajstić information content (AvgIpc) is 2.74. The molecule has 5 nitrogen and oxygen atoms in total. The third kappa shape index (κ3) is 2.73. The summed E-state index contributed by atoms with van der Waals surface area (Å²) in [5.41, 5.74) is 6.91. The molecule has 0 radical (unpaired) electrons. The van der Waals surface area contributed by atoms with Crippen molar-refractivity contribution in [2.24, 2.45) is 11.7 Å². The van der Waals surface area contributed by atoms with E-state index in [2.05, 4.69) is 17.0 Å². The summed E-state index contributed by atoms with van der Waals surface area (Å²) in [4.78, 5) is 24.1. The zero-order valence-corrected chi connectivity index (χ0v) is 11.9. The van der Waals surface area contributed by atoms with E-state index in [0.29, 0.717) is 16.5 Å². The molecule has 0 saturated heterocycles. The van der Waals surface area contributed by atoms with Crippen molar-refractivity contribution in [3.63, 3.8) is 0 Å². The van der Waals surface area contributed by atoms with Crippen molar-refractivity contribution in [2.45, 2.75) is 32.6 Å². The second-order valence-electron chi connectivity index (χ2n) is 4.71. The first-order valence-corrected chi connectivity index (χ1v) is 7.17. The molecule has 2 amide bonds. The van der Waals surface area contributed by atoms with Gasteiger partial charge in [0.1, 0.15) is 5.00 Å². The van der Waals surface area contributed by atoms with Crippen LogP contribution < -0.4 is 11.1 Å². The number of methoxy groups -OCH3 is 1. The molecule has 3 N–H and O–H groups in total. The molecule has 0 aliphatic heterocycles. The third-order valence-corrected chi connectivity index (χ3v) is 4.76. The molecule has 6 heteroatoms. The van der Waals surface area contributed by atoms with E-state index in [1.54, 1.807) is 0 Å². The smallest absolute Gasteiger partial charge is 0.411 e. The number of hydrogen-bond acceptors (Lipinski definition) is 4. The molecule has 1 atom stereocenters. The largest absolute Gasteiger partial charge is 0.453 e. The van der Waals surface area contributed by atoms with Crippen molar-refractivity contribution in [3.8, 4) is 0 Å². The van der Waals surface area contributed by atoms with E-state index in [0.717, 1.165) is 31.2 Å². The summed E-state index contributed by atoms with van der Waals surface area (Å²) in [5.74, 6) is 0.164. The van der Waals surface area contributed by atoms with Crippen LogP contribution in [0.2, 0.25) is 0 Å². The summed E-state index contributed by atoms with van der Waals surface area (Å²) in [6.45, 7) is 2.17. The SMILES string of the molecule is CCC1CCc2c(sc(NC(=O)OC)c2C(N)=O)C1. The standard InChI is InChI=1S/C13H18N2O3S/c1-3-7-4-5-8-9(6-7)19-12(10(8)11(14)16)15-13(17)18-2/h7H,3-6H2,1-2H3,(H2,14,16)(H,15,17). The van der Waals surface area contributed by atoms with Crippen LogP contribution in [0.25, 0.3) is 0 Å². The van der Waals surface area contributed by atoms with Gasteiger partial charge in [0.05, 0.1) is 12.7 Å². The summed E-state index contributed by atoms with van der Waals surface area (Å²) in [7, 11) is 1.29. The molecule has 1 aromatic heterocycles. The molecule has 1 heterocycles. The fourth-order valence-corrected chi connectivity index (χ4v) is 3.85. The average molecular weight is 282 g/mol. The second kappa shape index (κ2) is 5.61. The summed E-state index contributed by atoms with van der Waals surface area (Å²) in [6, 6.07) is 0. The highest BCUT2D eigenvalue weighted by atomic mass is 32.1. The minimum absolute atomic E-state index is 0.458. The van der Waals surface area contributed by atoms with Gasteiger partial charge in [0.15, 0.2) is 0 Å². The Morgan fingerprint density at radius 3 is 2.84 bits per heavy atom. The number of anilines is 1. The maximum absolute atomic E-state index is 11.6. The number of fused-ring (bicyclic) bond motifs is 1. The number of nitrogens with two attached hydrogens (primary N) is 1. The van der Waals surface area contributed by atoms with Crippen molar-refractivity contribution in [1.29, 1.82) is 0 Å². The molecule has 1 aliphatic carbocycles. The number of amides is 2. The predicted molar refractivity (Wildman–Crippen MR) is 74.7 cm³/mol. The molecular formula is C13H18N2O3S. The van der Waals surface area contributed by atoms with E-state index < -0.39 is 12.0 Å². The molecule has 2 rings (SSSR count). The Bertz CT molecular complexity index is 510. The highest BCUT2D eigenvalue weighted by Gasteiger charge is 2.28. The lowest BCUT2D eigenvalue weighted by Gasteiger charge is -2.20. The highest BCUT2D eigenvalue weighted by molar-refractivity contribution is 7.17. The number of rotatable bonds is 3. The Labute approximate surface area is 116 Å². The fraction of sp³-hybridized carbons (Fsp3) is 0.538. The number of carbonyl (C=O) groups is 2. The van der Waals surface area contributed by atoms with E-state index in [1.165, 1.54) is 23.3 Å². The monoisotopic (exact) mass is 282 g/mol. The summed E-state index contributed by atoms with van der Waals surface area (Å²) in [5, 5.41) is 3.10. The van der Waals surface area contributed by atoms with Crippen LogP contribution in [0.15, 0.2) is 0 Å². The Balaban J connectivity index is 2.36. The molecule has 0 fully saturated rings. The van der Waals surface area contributed by atoms with Gasteiger partial charge in [-0.3, -0.25) is 10.1 Å². The van der Waals surface area contributed by atoms with Crippen molar-refractivity contribution < 1.29 is 14.3 Å². The summed E-state index contributed by atoms with van der Waals surface area (Å²) in [6.07, 6.45) is 3.43. The molecule has 0 bridgehead atoms. The van der Waals surface area contributed by atoms with Gasteiger partial charge < -0.3 is 10.5 Å². The summed E-state index contributed by atoms with van der Waals surface area (Å²) >= 11 is 1.44. The number of nitrogens with one attached hydrogen (secondary N) is 1. The maximum Gasteiger partial charge on any atom is 0.411 e. The Morgan fingerprint density at radius 1 is 1.53 bits per heavy atom. The normalized spacial score (nSPS) is 17.7. The van der Waals surface area contributed by atoms with Crippen LogP contribution >= 0.6 is 11.3 Å². The van der Waals surface area contributed by atoms with Gasteiger partial charge in [0.25, 0.3) is 5.91 Å². The van der Waals surface area contributed by atoms with Crippen LogP contribution in [-0.4, -0.2) is 19.1 Å². The number of primary amides is 1. The Kier molecular flexibility index (Phi) is 4.09. The van der Waals surface area contributed by atoms with Crippen molar-refractivity contribution in [1.82, 2.24) is 0 Å². The van der Waals surface area contributed by atoms with Crippen molar-refractivity contribution in [3.05, 3.63) is 16.0 Å². The van der Waals surface area contributed by atoms with Gasteiger partial charge in [0.2, 0.25) is 0 Å². The third-order valence-electron chi connectivity index (χ3n) is 3.59. The lowest BCUT2D eigenvalue weighted by Crippen LogP contribution is -2.19. The van der Waals surface area contributed by atoms with Crippen molar-refractivity contribution >= 4 is 28.3 Å².